The molecular weight excluding hydrogens is 268 g/mol. The Labute approximate surface area is 126 Å². The number of aromatic nitrogens is 1. The Morgan fingerprint density at radius 2 is 2.19 bits per heavy atom. The maximum atomic E-state index is 11.3. The smallest absolute Gasteiger partial charge is 0.407 e. The molecular formula is C15H26N4O2. The number of ether oxygens (including phenoxy) is 1. The van der Waals surface area contributed by atoms with Gasteiger partial charge in [-0.2, -0.15) is 0 Å². The van der Waals surface area contributed by atoms with Crippen LogP contribution in [0.4, 0.5) is 4.79 Å². The fourth-order valence-corrected chi connectivity index (χ4v) is 2.31. The van der Waals surface area contributed by atoms with Crippen LogP contribution in [0.5, 0.6) is 0 Å². The number of hydrogen-bond acceptors (Lipinski definition) is 4. The zero-order chi connectivity index (χ0) is 15.7. The Morgan fingerprint density at radius 3 is 2.76 bits per heavy atom. The van der Waals surface area contributed by atoms with Gasteiger partial charge in [-0.3, -0.25) is 9.67 Å². The van der Waals surface area contributed by atoms with Crippen LogP contribution in [0.3, 0.4) is 0 Å². The predicted octanol–water partition coefficient (Wildman–Crippen LogP) is 1.75. The lowest BCUT2D eigenvalue weighted by molar-refractivity contribution is 0.152. The number of hydrogen-bond donors (Lipinski definition) is 2. The molecule has 0 radical (unpaired) electrons. The van der Waals surface area contributed by atoms with Crippen molar-refractivity contribution >= 4 is 6.09 Å². The number of nitrogens with two attached hydrogens (primary N) is 1. The Morgan fingerprint density at radius 1 is 1.43 bits per heavy atom. The zero-order valence-electron chi connectivity index (χ0n) is 13.1. The van der Waals surface area contributed by atoms with E-state index < -0.39 is 0 Å². The van der Waals surface area contributed by atoms with Crippen molar-refractivity contribution in [3.8, 4) is 0 Å². The van der Waals surface area contributed by atoms with Crippen molar-refractivity contribution in [2.45, 2.75) is 39.0 Å². The van der Waals surface area contributed by atoms with Gasteiger partial charge in [0.15, 0.2) is 0 Å². The predicted molar refractivity (Wildman–Crippen MR) is 83.4 cm³/mol. The summed E-state index contributed by atoms with van der Waals surface area (Å²) >= 11 is 0. The molecule has 6 heteroatoms. The van der Waals surface area contributed by atoms with Gasteiger partial charge in [-0.25, -0.2) is 4.79 Å². The van der Waals surface area contributed by atoms with E-state index >= 15 is 0 Å². The Kier molecular flexibility index (Phi) is 7.36. The molecule has 1 amide bonds. The summed E-state index contributed by atoms with van der Waals surface area (Å²) in [5.41, 5.74) is 1.90. The molecule has 118 valence electrons. The Bertz CT molecular complexity index is 511. The highest BCUT2D eigenvalue weighted by molar-refractivity contribution is 5.66. The molecule has 0 aliphatic carbocycles. The number of nitrogen functional groups attached to an aromatic ring is 1. The molecule has 0 aromatic carbocycles. The summed E-state index contributed by atoms with van der Waals surface area (Å²) in [4.78, 5) is 15.4. The lowest BCUT2D eigenvalue weighted by atomic mass is 9.92. The van der Waals surface area contributed by atoms with Crippen LogP contribution in [0.25, 0.3) is 0 Å². The molecule has 0 saturated carbocycles. The second-order valence-corrected chi connectivity index (χ2v) is 4.87. The van der Waals surface area contributed by atoms with Crippen molar-refractivity contribution in [2.24, 2.45) is 4.99 Å². The van der Waals surface area contributed by atoms with Crippen LogP contribution < -0.4 is 16.6 Å². The van der Waals surface area contributed by atoms with E-state index in [9.17, 15) is 4.79 Å². The van der Waals surface area contributed by atoms with E-state index in [1.165, 1.54) is 4.68 Å². The average Bonchev–Trinajstić information content (AvgIpc) is 2.46. The van der Waals surface area contributed by atoms with Crippen molar-refractivity contribution in [1.29, 1.82) is 0 Å². The van der Waals surface area contributed by atoms with Crippen molar-refractivity contribution in [1.82, 2.24) is 9.99 Å². The number of pyridine rings is 1. The molecule has 0 bridgehead atoms. The van der Waals surface area contributed by atoms with Crippen LogP contribution >= 0.6 is 0 Å². The van der Waals surface area contributed by atoms with Gasteiger partial charge in [0.05, 0.1) is 6.61 Å². The molecule has 1 heterocycles. The SMILES string of the molecule is CCCC(CCNC(=O)OCC)c1cc/c(=N/C)n(N)c1. The topological polar surface area (TPSA) is 81.6 Å². The number of amides is 1. The summed E-state index contributed by atoms with van der Waals surface area (Å²) in [7, 11) is 1.71. The molecule has 1 aromatic heterocycles. The van der Waals surface area contributed by atoms with Crippen LogP contribution in [-0.4, -0.2) is 31.0 Å². The van der Waals surface area contributed by atoms with Crippen molar-refractivity contribution < 1.29 is 9.53 Å². The van der Waals surface area contributed by atoms with E-state index in [1.807, 2.05) is 12.3 Å². The van der Waals surface area contributed by atoms with Gasteiger partial charge >= 0.3 is 6.09 Å². The number of carbonyl (C=O) groups is 1. The van der Waals surface area contributed by atoms with Gasteiger partial charge in [0, 0.05) is 19.8 Å². The molecule has 3 N–H and O–H groups in total. The molecule has 1 aromatic rings. The largest absolute Gasteiger partial charge is 0.450 e. The van der Waals surface area contributed by atoms with Crippen molar-refractivity contribution in [3.05, 3.63) is 29.4 Å². The molecule has 1 atom stereocenters. The summed E-state index contributed by atoms with van der Waals surface area (Å²) in [5.74, 6) is 6.27. The summed E-state index contributed by atoms with van der Waals surface area (Å²) in [6.07, 6.45) is 4.53. The number of nitrogens with zero attached hydrogens (tertiary/aromatic N) is 2. The molecule has 0 aliphatic rings. The van der Waals surface area contributed by atoms with Crippen LogP contribution in [0.15, 0.2) is 23.3 Å². The lowest BCUT2D eigenvalue weighted by Gasteiger charge is -2.17. The highest BCUT2D eigenvalue weighted by Crippen LogP contribution is 2.23. The summed E-state index contributed by atoms with van der Waals surface area (Å²) in [6, 6.07) is 3.97. The van der Waals surface area contributed by atoms with E-state index in [2.05, 4.69) is 23.3 Å². The first-order valence-corrected chi connectivity index (χ1v) is 7.43. The number of alkyl carbamates (subject to hydrolysis) is 1. The second-order valence-electron chi connectivity index (χ2n) is 4.87. The molecule has 0 saturated heterocycles. The first-order chi connectivity index (χ1) is 10.1. The van der Waals surface area contributed by atoms with E-state index in [1.54, 1.807) is 14.0 Å². The lowest BCUT2D eigenvalue weighted by Crippen LogP contribution is -2.29. The van der Waals surface area contributed by atoms with Gasteiger partial charge < -0.3 is 15.9 Å². The summed E-state index contributed by atoms with van der Waals surface area (Å²) in [5, 5.41) is 2.76. The van der Waals surface area contributed by atoms with Gasteiger partial charge in [-0.05, 0) is 37.3 Å². The Balaban J connectivity index is 2.68. The molecule has 0 spiro atoms. The fraction of sp³-hybridized carbons (Fsp3) is 0.600. The monoisotopic (exact) mass is 294 g/mol. The fourth-order valence-electron chi connectivity index (χ4n) is 2.31. The third kappa shape index (κ3) is 5.49. The van der Waals surface area contributed by atoms with Crippen molar-refractivity contribution in [3.63, 3.8) is 0 Å². The number of carbonyl (C=O) groups excluding carboxylic acids is 1. The minimum absolute atomic E-state index is 0.359. The normalized spacial score (nSPS) is 13.0. The first kappa shape index (κ1) is 17.1. The number of nitrogens with one attached hydrogen (secondary N) is 1. The van der Waals surface area contributed by atoms with Gasteiger partial charge in [0.1, 0.15) is 5.49 Å². The first-order valence-electron chi connectivity index (χ1n) is 7.43. The molecule has 0 aliphatic heterocycles. The second kappa shape index (κ2) is 9.05. The number of rotatable bonds is 7. The van der Waals surface area contributed by atoms with E-state index in [0.717, 1.165) is 30.3 Å². The van der Waals surface area contributed by atoms with E-state index in [0.29, 0.717) is 19.1 Å². The highest BCUT2D eigenvalue weighted by Gasteiger charge is 2.12. The minimum atomic E-state index is -0.359. The maximum Gasteiger partial charge on any atom is 0.407 e. The van der Waals surface area contributed by atoms with E-state index in [4.69, 9.17) is 10.6 Å². The summed E-state index contributed by atoms with van der Waals surface area (Å²) < 4.78 is 6.39. The van der Waals surface area contributed by atoms with Crippen LogP contribution in [-0.2, 0) is 4.74 Å². The van der Waals surface area contributed by atoms with Gasteiger partial charge in [0.25, 0.3) is 0 Å². The van der Waals surface area contributed by atoms with Crippen LogP contribution in [0.2, 0.25) is 0 Å². The maximum absolute atomic E-state index is 11.3. The third-order valence-electron chi connectivity index (χ3n) is 3.35. The third-order valence-corrected chi connectivity index (χ3v) is 3.35. The summed E-state index contributed by atoms with van der Waals surface area (Å²) in [6.45, 7) is 4.92. The van der Waals surface area contributed by atoms with Gasteiger partial charge in [-0.15, -0.1) is 0 Å². The molecule has 21 heavy (non-hydrogen) atoms. The molecule has 1 rings (SSSR count). The average molecular weight is 294 g/mol. The molecule has 1 unspecified atom stereocenters. The Hall–Kier alpha value is -1.98. The molecule has 6 nitrogen and oxygen atoms in total. The van der Waals surface area contributed by atoms with Gasteiger partial charge in [0.2, 0.25) is 0 Å². The van der Waals surface area contributed by atoms with Crippen LogP contribution in [0, 0.1) is 0 Å². The quantitative estimate of drug-likeness (QED) is 0.752. The van der Waals surface area contributed by atoms with Crippen molar-refractivity contribution in [2.75, 3.05) is 26.0 Å². The molecule has 0 fully saturated rings. The van der Waals surface area contributed by atoms with Crippen LogP contribution in [0.1, 0.15) is 44.6 Å². The van der Waals surface area contributed by atoms with E-state index in [-0.39, 0.29) is 6.09 Å². The highest BCUT2D eigenvalue weighted by atomic mass is 16.5. The minimum Gasteiger partial charge on any atom is -0.450 e. The zero-order valence-corrected chi connectivity index (χ0v) is 13.1. The standard InChI is InChI=1S/C15H26N4O2/c1-4-6-12(9-10-18-15(20)21-5-2)13-7-8-14(17-3)19(16)11-13/h7-8,11-12H,4-6,9-10,16H2,1-3H3,(H,18,20)/b17-14-. The van der Waals surface area contributed by atoms with Gasteiger partial charge in [-0.1, -0.05) is 19.4 Å².